The van der Waals surface area contributed by atoms with E-state index in [0.717, 1.165) is 0 Å². The van der Waals surface area contributed by atoms with Crippen molar-refractivity contribution in [2.24, 2.45) is 0 Å². The van der Waals surface area contributed by atoms with Crippen LogP contribution in [0.4, 0.5) is 0 Å². The van der Waals surface area contributed by atoms with E-state index in [2.05, 4.69) is 241 Å². The first-order valence-electron chi connectivity index (χ1n) is 22.5. The zero-order valence-corrected chi connectivity index (χ0v) is 36.7. The van der Waals surface area contributed by atoms with Gasteiger partial charge in [-0.25, -0.2) is 0 Å². The molecule has 300 valence electrons. The molecule has 1 aliphatic rings. The summed E-state index contributed by atoms with van der Waals surface area (Å²) in [6, 6.07) is 83.2. The first-order chi connectivity index (χ1) is 31.5. The summed E-state index contributed by atoms with van der Waals surface area (Å²) in [5.41, 5.74) is 12.7. The monoisotopic (exact) mass is 830 g/mol. The predicted octanol–water partition coefficient (Wildman–Crippen LogP) is 12.7. The molecule has 0 unspecified atom stereocenters. The van der Waals surface area contributed by atoms with Gasteiger partial charge in [0.05, 0.1) is 22.1 Å². The second-order valence-corrected chi connectivity index (χ2v) is 22.3. The quantitative estimate of drug-likeness (QED) is 0.0897. The van der Waals surface area contributed by atoms with E-state index in [9.17, 15) is 0 Å². The molecule has 64 heavy (non-hydrogen) atoms. The van der Waals surface area contributed by atoms with Crippen molar-refractivity contribution >= 4 is 94.0 Å². The molecule has 0 saturated carbocycles. The summed E-state index contributed by atoms with van der Waals surface area (Å²) in [5.74, 6) is 0. The van der Waals surface area contributed by atoms with Crippen LogP contribution in [0.5, 0.6) is 0 Å². The molecule has 3 heteroatoms. The molecule has 0 bridgehead atoms. The molecule has 0 amide bonds. The number of benzene rings is 11. The third-order valence-electron chi connectivity index (χ3n) is 15.0. The van der Waals surface area contributed by atoms with Crippen LogP contribution in [0.3, 0.4) is 0 Å². The first kappa shape index (κ1) is 35.8. The van der Waals surface area contributed by atoms with E-state index >= 15 is 0 Å². The molecule has 1 aliphatic carbocycles. The van der Waals surface area contributed by atoms with Crippen LogP contribution in [0.15, 0.2) is 218 Å². The van der Waals surface area contributed by atoms with Crippen molar-refractivity contribution in [2.45, 2.75) is 19.3 Å². The fourth-order valence-corrected chi connectivity index (χ4v) is 16.9. The molecule has 14 rings (SSSR count). The number of nitrogens with zero attached hydrogens (tertiary/aromatic N) is 2. The lowest BCUT2D eigenvalue weighted by Gasteiger charge is -2.35. The zero-order chi connectivity index (χ0) is 42.3. The summed E-state index contributed by atoms with van der Waals surface area (Å²) in [7, 11) is -2.99. The molecule has 11 aromatic carbocycles. The van der Waals surface area contributed by atoms with Gasteiger partial charge in [-0.05, 0) is 113 Å². The van der Waals surface area contributed by atoms with E-state index < -0.39 is 8.07 Å². The second-order valence-electron chi connectivity index (χ2n) is 18.4. The van der Waals surface area contributed by atoms with Crippen molar-refractivity contribution in [1.29, 1.82) is 0 Å². The Balaban J connectivity index is 1.02. The lowest BCUT2D eigenvalue weighted by molar-refractivity contribution is 0.661. The van der Waals surface area contributed by atoms with Gasteiger partial charge in [-0.2, -0.15) is 0 Å². The average Bonchev–Trinajstić information content (AvgIpc) is 3.96. The Morgan fingerprint density at radius 2 is 0.703 bits per heavy atom. The van der Waals surface area contributed by atoms with E-state index in [1.54, 1.807) is 0 Å². The second kappa shape index (κ2) is 12.9. The van der Waals surface area contributed by atoms with Crippen LogP contribution in [-0.4, -0.2) is 17.2 Å². The van der Waals surface area contributed by atoms with Crippen molar-refractivity contribution in [3.8, 4) is 22.5 Å². The minimum atomic E-state index is -2.99. The summed E-state index contributed by atoms with van der Waals surface area (Å²) in [6.07, 6.45) is 0. The standard InChI is InChI=1S/C61H42N2Si/c1-61(2)51-19-7-6-18-49(51)50-37-36-48(38-52(50)61)64(45-16-4-3-5-17-45,46-32-28-43(29-33-46)62-53-20-8-12-39-24-25-40-13-9-21-54(62)58(40)57(39)53)47-34-30-44(31-35-47)63-55-22-10-14-41-26-27-42-15-11-23-56(63)60(42)59(41)55/h3-38H,1-2H3. The highest BCUT2D eigenvalue weighted by Gasteiger charge is 2.44. The summed E-state index contributed by atoms with van der Waals surface area (Å²) in [5, 5.41) is 16.0. The lowest BCUT2D eigenvalue weighted by Crippen LogP contribution is -2.74. The minimum absolute atomic E-state index is 0.133. The third kappa shape index (κ3) is 4.64. The highest BCUT2D eigenvalue weighted by Crippen LogP contribution is 2.48. The van der Waals surface area contributed by atoms with Crippen LogP contribution in [0.25, 0.3) is 87.7 Å². The molecule has 0 N–H and O–H groups in total. The maximum absolute atomic E-state index is 2.99. The van der Waals surface area contributed by atoms with Crippen LogP contribution in [-0.2, 0) is 5.41 Å². The van der Waals surface area contributed by atoms with Crippen LogP contribution in [0.1, 0.15) is 25.0 Å². The Labute approximate surface area is 372 Å². The van der Waals surface area contributed by atoms with Crippen LogP contribution >= 0.6 is 0 Å². The molecule has 2 heterocycles. The molecule has 0 aliphatic heterocycles. The number of aromatic nitrogens is 2. The SMILES string of the molecule is CC1(C)c2ccccc2-c2ccc([Si](c3ccccc3)(c3ccc(-n4c5cccc6ccc7cccc4c7c65)cc3)c3ccc(-n4c5cccc6ccc7cccc4c7c65)cc3)cc21. The highest BCUT2D eigenvalue weighted by molar-refractivity contribution is 7.19. The van der Waals surface area contributed by atoms with E-state index in [4.69, 9.17) is 0 Å². The maximum atomic E-state index is 2.59. The van der Waals surface area contributed by atoms with E-state index in [1.807, 2.05) is 0 Å². The normalized spacial score (nSPS) is 13.6. The predicted molar refractivity (Wildman–Crippen MR) is 274 cm³/mol. The van der Waals surface area contributed by atoms with E-state index in [-0.39, 0.29) is 5.41 Å². The number of hydrogen-bond donors (Lipinski definition) is 0. The smallest absolute Gasteiger partial charge is 0.179 e. The van der Waals surface area contributed by atoms with E-state index in [0.29, 0.717) is 0 Å². The van der Waals surface area contributed by atoms with Gasteiger partial charge in [0.25, 0.3) is 0 Å². The minimum Gasteiger partial charge on any atom is -0.309 e. The van der Waals surface area contributed by atoms with Gasteiger partial charge < -0.3 is 9.13 Å². The molecule has 2 aromatic heterocycles. The van der Waals surface area contributed by atoms with Crippen molar-refractivity contribution in [2.75, 3.05) is 0 Å². The molecular formula is C61H42N2Si. The Morgan fingerprint density at radius 3 is 1.17 bits per heavy atom. The summed E-state index contributed by atoms with van der Waals surface area (Å²) < 4.78 is 4.94. The van der Waals surface area contributed by atoms with Crippen molar-refractivity contribution in [3.05, 3.63) is 230 Å². The zero-order valence-electron chi connectivity index (χ0n) is 35.7. The van der Waals surface area contributed by atoms with Crippen LogP contribution in [0.2, 0.25) is 0 Å². The van der Waals surface area contributed by atoms with Gasteiger partial charge >= 0.3 is 0 Å². The molecule has 0 spiro atoms. The van der Waals surface area contributed by atoms with Crippen LogP contribution < -0.4 is 20.7 Å². The number of rotatable bonds is 6. The number of hydrogen-bond acceptors (Lipinski definition) is 0. The molecule has 13 aromatic rings. The van der Waals surface area contributed by atoms with Crippen molar-refractivity contribution in [3.63, 3.8) is 0 Å². The molecule has 0 fully saturated rings. The molecule has 0 atom stereocenters. The van der Waals surface area contributed by atoms with Crippen molar-refractivity contribution < 1.29 is 0 Å². The van der Waals surface area contributed by atoms with Gasteiger partial charge in [0.1, 0.15) is 0 Å². The Morgan fingerprint density at radius 1 is 0.312 bits per heavy atom. The highest BCUT2D eigenvalue weighted by atomic mass is 28.3. The largest absolute Gasteiger partial charge is 0.309 e. The maximum Gasteiger partial charge on any atom is 0.179 e. The van der Waals surface area contributed by atoms with Crippen LogP contribution in [0, 0.1) is 0 Å². The van der Waals surface area contributed by atoms with Gasteiger partial charge in [-0.1, -0.05) is 184 Å². The molecular weight excluding hydrogens is 789 g/mol. The van der Waals surface area contributed by atoms with Gasteiger partial charge in [-0.15, -0.1) is 0 Å². The van der Waals surface area contributed by atoms with Gasteiger partial charge in [-0.3, -0.25) is 0 Å². The van der Waals surface area contributed by atoms with Gasteiger partial charge in [0.2, 0.25) is 0 Å². The third-order valence-corrected chi connectivity index (χ3v) is 19.8. The summed E-state index contributed by atoms with van der Waals surface area (Å²) >= 11 is 0. The molecule has 0 saturated heterocycles. The van der Waals surface area contributed by atoms with Gasteiger partial charge in [0, 0.05) is 38.3 Å². The Bertz CT molecular complexity index is 3640. The van der Waals surface area contributed by atoms with Crippen molar-refractivity contribution in [1.82, 2.24) is 9.13 Å². The lowest BCUT2D eigenvalue weighted by atomic mass is 9.82. The fraction of sp³-hybridized carbons (Fsp3) is 0.0492. The Kier molecular flexibility index (Phi) is 7.23. The number of fused-ring (bicyclic) bond motifs is 3. The average molecular weight is 831 g/mol. The van der Waals surface area contributed by atoms with Gasteiger partial charge in [0.15, 0.2) is 8.07 Å². The fourth-order valence-electron chi connectivity index (χ4n) is 12.1. The molecule has 0 radical (unpaired) electrons. The topological polar surface area (TPSA) is 9.86 Å². The first-order valence-corrected chi connectivity index (χ1v) is 24.5. The summed E-state index contributed by atoms with van der Waals surface area (Å²) in [6.45, 7) is 4.81. The molecule has 2 nitrogen and oxygen atoms in total. The van der Waals surface area contributed by atoms with E-state index in [1.165, 1.54) is 120 Å². The summed E-state index contributed by atoms with van der Waals surface area (Å²) in [4.78, 5) is 0. The Hall–Kier alpha value is -7.72.